The first-order chi connectivity index (χ1) is 16.2. The summed E-state index contributed by atoms with van der Waals surface area (Å²) in [6, 6.07) is 12.4. The van der Waals surface area contributed by atoms with Gasteiger partial charge in [0.1, 0.15) is 0 Å². The number of benzene rings is 3. The zero-order chi connectivity index (χ0) is 24.6. The fraction of sp³-hybridized carbons (Fsp3) is 0.286. The number of hydrogen-bond acceptors (Lipinski definition) is 3. The highest BCUT2D eigenvalue weighted by molar-refractivity contribution is 5.97. The third-order valence-electron chi connectivity index (χ3n) is 6.74. The van der Waals surface area contributed by atoms with Crippen molar-refractivity contribution in [3.05, 3.63) is 87.2 Å². The Bertz CT molecular complexity index is 1280. The lowest BCUT2D eigenvalue weighted by molar-refractivity contribution is -0.136. The first kappa shape index (κ1) is 23.5. The minimum atomic E-state index is -0.873. The number of fused-ring (bicyclic) bond motifs is 1. The van der Waals surface area contributed by atoms with Crippen LogP contribution in [0.15, 0.2) is 42.5 Å². The number of methoxy groups -OCH3 is 1. The van der Waals surface area contributed by atoms with E-state index in [2.05, 4.69) is 0 Å². The molecule has 1 N–H and O–H groups in total. The second kappa shape index (κ2) is 9.29. The molecule has 0 aromatic heterocycles. The van der Waals surface area contributed by atoms with Gasteiger partial charge < -0.3 is 14.7 Å². The number of nitrogens with zero attached hydrogens (tertiary/aromatic N) is 1. The normalized spacial score (nSPS) is 12.9. The molecule has 0 bridgehead atoms. The summed E-state index contributed by atoms with van der Waals surface area (Å²) >= 11 is 0. The van der Waals surface area contributed by atoms with Crippen LogP contribution in [0.5, 0.6) is 5.75 Å². The Labute approximate surface area is 198 Å². The predicted molar refractivity (Wildman–Crippen MR) is 129 cm³/mol. The van der Waals surface area contributed by atoms with Crippen LogP contribution in [0, 0.1) is 26.6 Å². The van der Waals surface area contributed by atoms with Crippen molar-refractivity contribution >= 4 is 11.9 Å². The largest absolute Gasteiger partial charge is 0.493 e. The van der Waals surface area contributed by atoms with Crippen LogP contribution < -0.4 is 4.74 Å². The van der Waals surface area contributed by atoms with E-state index in [4.69, 9.17) is 4.74 Å². The fourth-order valence-electron chi connectivity index (χ4n) is 4.98. The molecule has 0 aliphatic carbocycles. The quantitative estimate of drug-likeness (QED) is 0.563. The second-order valence-electron chi connectivity index (χ2n) is 8.79. The summed E-state index contributed by atoms with van der Waals surface area (Å²) in [7, 11) is 1.35. The molecule has 6 heteroatoms. The number of carboxylic acid groups (broad SMARTS) is 1. The van der Waals surface area contributed by atoms with Gasteiger partial charge in [0.2, 0.25) is 0 Å². The summed E-state index contributed by atoms with van der Waals surface area (Å²) in [4.78, 5) is 26.8. The number of ether oxygens (including phenoxy) is 1. The standard InChI is InChI=1S/C28H28FNO4/c1-16-8-10-19(11-9-16)26-18(3)23-15-30(13-12-20(23)17(2)22(26)14-25(31)32)28(33)21-6-5-7-24(29)27(21)34-4/h5-11H,12-15H2,1-4H3,(H,31,32). The van der Waals surface area contributed by atoms with Gasteiger partial charge in [-0.1, -0.05) is 35.9 Å². The lowest BCUT2D eigenvalue weighted by atomic mass is 9.81. The Balaban J connectivity index is 1.82. The second-order valence-corrected chi connectivity index (χ2v) is 8.79. The number of amides is 1. The molecule has 1 amide bonds. The van der Waals surface area contributed by atoms with Crippen molar-refractivity contribution in [2.24, 2.45) is 0 Å². The van der Waals surface area contributed by atoms with Gasteiger partial charge in [-0.15, -0.1) is 0 Å². The summed E-state index contributed by atoms with van der Waals surface area (Å²) in [6.07, 6.45) is 0.540. The summed E-state index contributed by atoms with van der Waals surface area (Å²) < 4.78 is 19.4. The van der Waals surface area contributed by atoms with Crippen molar-refractivity contribution in [2.45, 2.75) is 40.2 Å². The van der Waals surface area contributed by atoms with E-state index in [-0.39, 0.29) is 23.6 Å². The van der Waals surface area contributed by atoms with Gasteiger partial charge in [0.15, 0.2) is 11.6 Å². The minimum absolute atomic E-state index is 0.0525. The van der Waals surface area contributed by atoms with E-state index in [0.29, 0.717) is 19.5 Å². The van der Waals surface area contributed by atoms with Crippen LogP contribution in [0.3, 0.4) is 0 Å². The molecule has 0 saturated carbocycles. The van der Waals surface area contributed by atoms with Gasteiger partial charge in [0, 0.05) is 13.1 Å². The number of aliphatic carboxylic acids is 1. The Morgan fingerprint density at radius 3 is 2.38 bits per heavy atom. The minimum Gasteiger partial charge on any atom is -0.493 e. The van der Waals surface area contributed by atoms with Crippen LogP contribution >= 0.6 is 0 Å². The number of aryl methyl sites for hydroxylation is 1. The Morgan fingerprint density at radius 2 is 1.74 bits per heavy atom. The van der Waals surface area contributed by atoms with Crippen LogP contribution in [0.1, 0.15) is 43.7 Å². The number of carbonyl (C=O) groups excluding carboxylic acids is 1. The Morgan fingerprint density at radius 1 is 1.03 bits per heavy atom. The zero-order valence-electron chi connectivity index (χ0n) is 19.9. The molecule has 3 aromatic carbocycles. The first-order valence-corrected chi connectivity index (χ1v) is 11.3. The van der Waals surface area contributed by atoms with Crippen molar-refractivity contribution in [2.75, 3.05) is 13.7 Å². The summed E-state index contributed by atoms with van der Waals surface area (Å²) in [6.45, 7) is 6.81. The first-order valence-electron chi connectivity index (χ1n) is 11.3. The highest BCUT2D eigenvalue weighted by Gasteiger charge is 2.30. The van der Waals surface area contributed by atoms with E-state index in [0.717, 1.165) is 44.5 Å². The van der Waals surface area contributed by atoms with Crippen molar-refractivity contribution in [1.82, 2.24) is 4.90 Å². The molecule has 4 rings (SSSR count). The highest BCUT2D eigenvalue weighted by Crippen LogP contribution is 2.38. The van der Waals surface area contributed by atoms with E-state index in [1.165, 1.54) is 19.2 Å². The molecular weight excluding hydrogens is 433 g/mol. The Kier molecular flexibility index (Phi) is 6.42. The van der Waals surface area contributed by atoms with Gasteiger partial charge in [-0.3, -0.25) is 9.59 Å². The molecule has 1 aliphatic rings. The highest BCUT2D eigenvalue weighted by atomic mass is 19.1. The molecule has 1 heterocycles. The van der Waals surface area contributed by atoms with E-state index in [1.807, 2.05) is 45.0 Å². The third kappa shape index (κ3) is 4.16. The number of hydrogen-bond donors (Lipinski definition) is 1. The van der Waals surface area contributed by atoms with E-state index < -0.39 is 11.8 Å². The lowest BCUT2D eigenvalue weighted by Crippen LogP contribution is -2.37. The molecule has 0 saturated heterocycles. The average Bonchev–Trinajstić information content (AvgIpc) is 2.82. The maximum Gasteiger partial charge on any atom is 0.307 e. The van der Waals surface area contributed by atoms with Gasteiger partial charge in [-0.25, -0.2) is 4.39 Å². The zero-order valence-corrected chi connectivity index (χ0v) is 19.9. The summed E-state index contributed by atoms with van der Waals surface area (Å²) in [5.41, 5.74) is 8.07. The molecule has 0 spiro atoms. The van der Waals surface area contributed by atoms with Gasteiger partial charge in [-0.2, -0.15) is 0 Å². The molecule has 0 unspecified atom stereocenters. The number of para-hydroxylation sites is 1. The topological polar surface area (TPSA) is 66.8 Å². The third-order valence-corrected chi connectivity index (χ3v) is 6.74. The van der Waals surface area contributed by atoms with Crippen molar-refractivity contribution < 1.29 is 23.8 Å². The van der Waals surface area contributed by atoms with Crippen LogP contribution in [0.25, 0.3) is 11.1 Å². The van der Waals surface area contributed by atoms with E-state index in [1.54, 1.807) is 11.0 Å². The van der Waals surface area contributed by atoms with E-state index in [9.17, 15) is 19.1 Å². The van der Waals surface area contributed by atoms with Crippen molar-refractivity contribution in [3.63, 3.8) is 0 Å². The van der Waals surface area contributed by atoms with Crippen LogP contribution in [0.4, 0.5) is 4.39 Å². The smallest absolute Gasteiger partial charge is 0.307 e. The monoisotopic (exact) mass is 461 g/mol. The van der Waals surface area contributed by atoms with E-state index >= 15 is 0 Å². The molecule has 0 radical (unpaired) electrons. The van der Waals surface area contributed by atoms with Crippen molar-refractivity contribution in [1.29, 1.82) is 0 Å². The number of rotatable bonds is 5. The molecule has 34 heavy (non-hydrogen) atoms. The fourth-order valence-corrected chi connectivity index (χ4v) is 4.98. The molecule has 1 aliphatic heterocycles. The van der Waals surface area contributed by atoms with Crippen molar-refractivity contribution in [3.8, 4) is 16.9 Å². The SMILES string of the molecule is COc1c(F)cccc1C(=O)N1CCc2c(C)c(CC(=O)O)c(-c3ccc(C)cc3)c(C)c2C1. The van der Waals surface area contributed by atoms with Crippen LogP contribution in [0.2, 0.25) is 0 Å². The summed E-state index contributed by atoms with van der Waals surface area (Å²) in [5.74, 6) is -1.78. The maximum atomic E-state index is 14.2. The van der Waals surface area contributed by atoms with Gasteiger partial charge in [0.25, 0.3) is 5.91 Å². The predicted octanol–water partition coefficient (Wildman–Crippen LogP) is 5.25. The average molecular weight is 462 g/mol. The van der Waals surface area contributed by atoms with Gasteiger partial charge in [-0.05, 0) is 78.3 Å². The van der Waals surface area contributed by atoms with Gasteiger partial charge >= 0.3 is 5.97 Å². The maximum absolute atomic E-state index is 14.2. The number of carboxylic acids is 1. The number of carbonyl (C=O) groups is 2. The van der Waals surface area contributed by atoms with Crippen LogP contribution in [-0.4, -0.2) is 35.5 Å². The molecule has 0 atom stereocenters. The molecule has 176 valence electrons. The molecule has 3 aromatic rings. The molecule has 0 fully saturated rings. The molecule has 5 nitrogen and oxygen atoms in total. The Hall–Kier alpha value is -3.67. The molecular formula is C28H28FNO4. The van der Waals surface area contributed by atoms with Crippen LogP contribution in [-0.2, 0) is 24.2 Å². The summed E-state index contributed by atoms with van der Waals surface area (Å²) in [5, 5.41) is 9.62. The number of halogens is 1. The lowest BCUT2D eigenvalue weighted by Gasteiger charge is -2.33. The van der Waals surface area contributed by atoms with Gasteiger partial charge in [0.05, 0.1) is 19.1 Å².